The number of H-pyrrole nitrogens is 1. The predicted octanol–water partition coefficient (Wildman–Crippen LogP) is 19.0. The standard InChI is InChI=1S/C69H116N4O8S.C7H5NO3S.Zn/c1-27-67(25,26)62(78)79-33-34-82-69(31-5,32-6)61(77)73-57-53(59(75)81-55-46(65(19,20)21)37-43(12)38-47(55)66(22,23)24)51(41(9)10)49(71-57)39-48-50(40(7)8)52(56(70-48)72-60(76)68(28-2,29-3)30-4)58(74)80-54-44(63(13,14)15)35-42(11)36-45(54)64(16,17)18;9-7-5-3-1-2-4-6(5)12(10,11)8-7;/h39-47,54-55H,27-38H2,1-26H3,(H3,70,71,72,73,74,75,76,77);1-4H,(H,8,9);/q;;+2/p-2. The summed E-state index contributed by atoms with van der Waals surface area (Å²) >= 11 is 1.41. The number of allylic oxidation sites excluding steroid dienone is 1. The molecule has 0 bridgehead atoms. The van der Waals surface area contributed by atoms with Gasteiger partial charge in [0.15, 0.2) is 5.91 Å². The molecule has 528 valence electrons. The number of hydrogen-bond acceptors (Lipinski definition) is 12. The molecule has 0 spiro atoms. The van der Waals surface area contributed by atoms with Gasteiger partial charge in [0.25, 0.3) is 0 Å². The molecule has 3 heterocycles. The Balaban J connectivity index is 0.00000131. The molecular weight excluding hydrogens is 1290 g/mol. The van der Waals surface area contributed by atoms with Crippen LogP contribution in [0.25, 0.3) is 16.1 Å². The van der Waals surface area contributed by atoms with Gasteiger partial charge < -0.3 is 44.3 Å². The van der Waals surface area contributed by atoms with Crippen LogP contribution >= 0.6 is 11.8 Å². The van der Waals surface area contributed by atoms with E-state index in [0.29, 0.717) is 78.6 Å². The first kappa shape index (κ1) is 82.8. The number of anilines is 1. The number of nitrogens with zero attached hydrogens (tertiary/aromatic N) is 3. The fourth-order valence-electron chi connectivity index (χ4n) is 14.5. The monoisotopic (exact) mass is 1410 g/mol. The van der Waals surface area contributed by atoms with Crippen LogP contribution < -0.4 is 5.32 Å². The number of aromatic amines is 1. The molecule has 0 radical (unpaired) electrons. The number of sulfonamides is 1. The Morgan fingerprint density at radius 3 is 1.56 bits per heavy atom. The van der Waals surface area contributed by atoms with Gasteiger partial charge in [-0.25, -0.2) is 18.0 Å². The van der Waals surface area contributed by atoms with Crippen LogP contribution in [0.2, 0.25) is 0 Å². The molecule has 16 nitrogen and oxygen atoms in total. The minimum Gasteiger partial charge on any atom is -0.537 e. The second kappa shape index (κ2) is 32.2. The number of rotatable bonds is 21. The molecule has 2 aromatic rings. The van der Waals surface area contributed by atoms with Gasteiger partial charge in [-0.05, 0) is 158 Å². The number of ether oxygens (including phenoxy) is 3. The molecule has 19 heteroatoms. The van der Waals surface area contributed by atoms with E-state index in [1.54, 1.807) is 12.1 Å². The van der Waals surface area contributed by atoms with Gasteiger partial charge in [-0.2, -0.15) is 0 Å². The first-order valence-electron chi connectivity index (χ1n) is 35.0. The molecule has 2 aliphatic heterocycles. The summed E-state index contributed by atoms with van der Waals surface area (Å²) in [6.07, 6.45) is 7.98. The van der Waals surface area contributed by atoms with Crippen LogP contribution in [0.5, 0.6) is 0 Å². The molecule has 1 aromatic heterocycles. The number of thioether (sulfide) groups is 1. The average Bonchev–Trinajstić information content (AvgIpc) is 1.75. The van der Waals surface area contributed by atoms with E-state index in [9.17, 15) is 22.8 Å². The number of nitrogens with one attached hydrogen (secondary N) is 2. The minimum atomic E-state index is -3.68. The third kappa shape index (κ3) is 19.0. The molecule has 4 aliphatic rings. The van der Waals surface area contributed by atoms with E-state index in [4.69, 9.17) is 24.5 Å². The van der Waals surface area contributed by atoms with Crippen molar-refractivity contribution in [2.24, 2.45) is 78.9 Å². The molecular formula is C76H119N5O11S2Zn. The summed E-state index contributed by atoms with van der Waals surface area (Å²) in [5, 5.41) is 8.48. The third-order valence-electron chi connectivity index (χ3n) is 21.3. The maximum Gasteiger partial charge on any atom is 2.00 e. The molecule has 3 amide bonds. The Kier molecular flexibility index (Phi) is 28.0. The van der Waals surface area contributed by atoms with Gasteiger partial charge in [-0.3, -0.25) is 14.4 Å². The number of amidine groups is 1. The second-order valence-electron chi connectivity index (χ2n) is 33.1. The summed E-state index contributed by atoms with van der Waals surface area (Å²) < 4.78 is 43.9. The number of carbonyl (C=O) groups excluding carboxylic acids is 6. The van der Waals surface area contributed by atoms with Crippen LogP contribution in [0.15, 0.2) is 51.0 Å². The summed E-state index contributed by atoms with van der Waals surface area (Å²) in [5.74, 6) is -1.51. The molecule has 2 N–H and O–H groups in total. The molecule has 2 fully saturated rings. The Bertz CT molecular complexity index is 3230. The zero-order valence-electron chi connectivity index (χ0n) is 63.0. The maximum absolute atomic E-state index is 15.7. The minimum absolute atomic E-state index is 0. The average molecular weight is 1410 g/mol. The summed E-state index contributed by atoms with van der Waals surface area (Å²) in [6.45, 7) is 55.2. The van der Waals surface area contributed by atoms with E-state index in [1.165, 1.54) is 23.9 Å². The fraction of sp³-hybridized carbons (Fsp3) is 0.724. The van der Waals surface area contributed by atoms with Crippen molar-refractivity contribution in [3.63, 3.8) is 0 Å². The van der Waals surface area contributed by atoms with E-state index in [2.05, 4.69) is 112 Å². The number of esters is 3. The summed E-state index contributed by atoms with van der Waals surface area (Å²) in [5.41, 5.74) is 0.692. The smallest absolute Gasteiger partial charge is 0.537 e. The van der Waals surface area contributed by atoms with Crippen molar-refractivity contribution in [3.05, 3.63) is 73.5 Å². The summed E-state index contributed by atoms with van der Waals surface area (Å²) in [4.78, 5) is 93.5. The molecule has 2 aliphatic carbocycles. The number of carbonyl (C=O) groups is 6. The van der Waals surface area contributed by atoms with Crippen LogP contribution in [0.1, 0.15) is 282 Å². The number of fused-ring (bicyclic) bond motifs is 1. The van der Waals surface area contributed by atoms with Gasteiger partial charge >= 0.3 is 37.4 Å². The molecule has 1 aromatic carbocycles. The van der Waals surface area contributed by atoms with Crippen LogP contribution in [-0.4, -0.2) is 84.2 Å². The van der Waals surface area contributed by atoms with E-state index in [0.717, 1.165) is 25.7 Å². The Hall–Kier alpha value is -4.61. The van der Waals surface area contributed by atoms with Crippen molar-refractivity contribution >= 4 is 75.1 Å². The number of amides is 3. The van der Waals surface area contributed by atoms with Gasteiger partial charge in [-0.15, -0.1) is 11.8 Å². The largest absolute Gasteiger partial charge is 2.00 e. The van der Waals surface area contributed by atoms with Crippen LogP contribution in [0.3, 0.4) is 0 Å². The van der Waals surface area contributed by atoms with Crippen LogP contribution in [0.4, 0.5) is 5.82 Å². The number of hydrogen-bond donors (Lipinski definition) is 2. The van der Waals surface area contributed by atoms with E-state index >= 15 is 14.4 Å². The van der Waals surface area contributed by atoms with Crippen molar-refractivity contribution in [2.45, 2.75) is 272 Å². The van der Waals surface area contributed by atoms with Crippen molar-refractivity contribution < 1.29 is 70.9 Å². The maximum atomic E-state index is 15.7. The number of aromatic nitrogens is 1. The first-order chi connectivity index (χ1) is 43.3. The Labute approximate surface area is 589 Å². The van der Waals surface area contributed by atoms with E-state index in [-0.39, 0.29) is 128 Å². The zero-order chi connectivity index (χ0) is 71.4. The summed E-state index contributed by atoms with van der Waals surface area (Å²) in [6, 6.07) is 5.99. The van der Waals surface area contributed by atoms with Gasteiger partial charge in [0.2, 0.25) is 5.91 Å². The molecule has 4 atom stereocenters. The predicted molar refractivity (Wildman–Crippen MR) is 382 cm³/mol. The third-order valence-corrected chi connectivity index (χ3v) is 24.3. The van der Waals surface area contributed by atoms with Crippen molar-refractivity contribution in [1.29, 1.82) is 0 Å². The topological polar surface area (TPSA) is 233 Å². The van der Waals surface area contributed by atoms with Gasteiger partial charge in [0.1, 0.15) is 40.2 Å². The van der Waals surface area contributed by atoms with Crippen molar-refractivity contribution in [2.75, 3.05) is 17.7 Å². The zero-order valence-corrected chi connectivity index (χ0v) is 67.6. The second-order valence-corrected chi connectivity index (χ2v) is 36.1. The molecule has 2 saturated carbocycles. The molecule has 4 unspecified atom stereocenters. The van der Waals surface area contributed by atoms with E-state index < -0.39 is 61.6 Å². The van der Waals surface area contributed by atoms with Gasteiger partial charge in [-0.1, -0.05) is 184 Å². The van der Waals surface area contributed by atoms with Gasteiger partial charge in [0.05, 0.1) is 26.5 Å². The Morgan fingerprint density at radius 1 is 0.684 bits per heavy atom. The van der Waals surface area contributed by atoms with Crippen molar-refractivity contribution in [3.8, 4) is 0 Å². The molecule has 95 heavy (non-hydrogen) atoms. The van der Waals surface area contributed by atoms with Crippen molar-refractivity contribution in [1.82, 2.24) is 4.98 Å². The number of benzene rings is 1. The van der Waals surface area contributed by atoms with Crippen LogP contribution in [-0.2, 0) is 62.9 Å². The summed E-state index contributed by atoms with van der Waals surface area (Å²) in [7, 11) is -3.68. The Morgan fingerprint density at radius 2 is 1.15 bits per heavy atom. The fourth-order valence-corrected chi connectivity index (χ4v) is 16.8. The first-order valence-corrected chi connectivity index (χ1v) is 37.4. The normalized spacial score (nSPS) is 23.5. The molecule has 0 saturated heterocycles. The SMILES string of the molecule is CCC(C)(C)C(=O)OCCSC(CC)(CC)C(=O)N=C1[N-]/C(=C\c2[nH]c(NC(=O)C(CC)(CC)CC)c(C(=O)OC3C(C(C)(C)C)CC(C)CC3C(C)(C)C)c2C(C)C)C(C(C)C)=C1C(=O)OC1C(C(C)(C)C)CC(C)CC1C(C)(C)C.O=C1[N-]S(=O)(=O)c2ccccc21.[Zn+2]. The quantitative estimate of drug-likeness (QED) is 0.0514. The molecule has 6 rings (SSSR count). The number of aliphatic imine (C=N–C) groups is 1. The van der Waals surface area contributed by atoms with E-state index in [1.807, 2.05) is 89.2 Å². The van der Waals surface area contributed by atoms with Crippen LogP contribution in [0, 0.1) is 73.9 Å². The van der Waals surface area contributed by atoms with Gasteiger partial charge in [0, 0.05) is 46.1 Å².